The summed E-state index contributed by atoms with van der Waals surface area (Å²) < 4.78 is 6.55. The van der Waals surface area contributed by atoms with Crippen LogP contribution in [0.1, 0.15) is 25.0 Å². The quantitative estimate of drug-likeness (QED) is 0.178. The van der Waals surface area contributed by atoms with Gasteiger partial charge < -0.3 is 4.42 Å². The fraction of sp³-hybridized carbons (Fsp3) is 0.0577. The van der Waals surface area contributed by atoms with E-state index >= 15 is 0 Å². The summed E-state index contributed by atoms with van der Waals surface area (Å²) in [6.45, 7) is 4.60. The maximum absolute atomic E-state index is 6.55. The normalized spacial score (nSPS) is 13.0. The van der Waals surface area contributed by atoms with Gasteiger partial charge in [-0.3, -0.25) is 0 Å². The smallest absolute Gasteiger partial charge is 0.164 e. The van der Waals surface area contributed by atoms with E-state index in [0.29, 0.717) is 17.5 Å². The molecule has 1 aliphatic rings. The first-order chi connectivity index (χ1) is 27.5. The van der Waals surface area contributed by atoms with E-state index < -0.39 is 0 Å². The Morgan fingerprint density at radius 3 is 1.91 bits per heavy atom. The third kappa shape index (κ3) is 5.10. The minimum Gasteiger partial charge on any atom is -0.456 e. The first-order valence-corrected chi connectivity index (χ1v) is 19.1. The van der Waals surface area contributed by atoms with Crippen LogP contribution in [-0.4, -0.2) is 15.0 Å². The molecule has 0 saturated heterocycles. The Bertz CT molecular complexity index is 3180. The summed E-state index contributed by atoms with van der Waals surface area (Å²) in [4.78, 5) is 15.5. The summed E-state index contributed by atoms with van der Waals surface area (Å²) in [7, 11) is 0. The van der Waals surface area contributed by atoms with Crippen molar-refractivity contribution in [3.05, 3.63) is 187 Å². The van der Waals surface area contributed by atoms with Crippen molar-refractivity contribution in [3.8, 4) is 67.5 Å². The Balaban J connectivity index is 1.03. The minimum atomic E-state index is -0.132. The van der Waals surface area contributed by atoms with Crippen LogP contribution in [-0.2, 0) is 5.41 Å². The van der Waals surface area contributed by atoms with E-state index in [1.54, 1.807) is 0 Å². The molecular formula is C52H35N3O. The predicted octanol–water partition coefficient (Wildman–Crippen LogP) is 13.6. The largest absolute Gasteiger partial charge is 0.456 e. The molecule has 10 aromatic rings. The molecule has 1 aliphatic carbocycles. The Kier molecular flexibility index (Phi) is 7.17. The molecule has 0 atom stereocenters. The average molecular weight is 718 g/mol. The van der Waals surface area contributed by atoms with Crippen LogP contribution in [0, 0.1) is 0 Å². The molecule has 0 saturated carbocycles. The topological polar surface area (TPSA) is 51.8 Å². The SMILES string of the molecule is CC1(C)c2ccccc2-c2c(-c3nc(-c4ccccc4)nc(-c4cccc(-c5ccc6c(c5)oc5cccc(-c7ccc8ccccc8c7)c56)c4)n3)cccc21. The van der Waals surface area contributed by atoms with Gasteiger partial charge in [0.1, 0.15) is 11.2 Å². The lowest BCUT2D eigenvalue weighted by atomic mass is 9.82. The number of hydrogen-bond acceptors (Lipinski definition) is 4. The zero-order chi connectivity index (χ0) is 37.4. The second kappa shape index (κ2) is 12.4. The van der Waals surface area contributed by atoms with E-state index in [4.69, 9.17) is 19.4 Å². The van der Waals surface area contributed by atoms with E-state index in [1.165, 1.54) is 38.6 Å². The van der Waals surface area contributed by atoms with Gasteiger partial charge in [0.05, 0.1) is 0 Å². The van der Waals surface area contributed by atoms with Gasteiger partial charge in [-0.15, -0.1) is 0 Å². The molecule has 2 heterocycles. The zero-order valence-electron chi connectivity index (χ0n) is 31.0. The van der Waals surface area contributed by atoms with E-state index in [9.17, 15) is 0 Å². The second-order valence-electron chi connectivity index (χ2n) is 15.2. The average Bonchev–Trinajstić information content (AvgIpc) is 3.75. The molecule has 2 aromatic heterocycles. The van der Waals surface area contributed by atoms with Gasteiger partial charge in [-0.1, -0.05) is 159 Å². The molecule has 0 fully saturated rings. The third-order valence-corrected chi connectivity index (χ3v) is 11.5. The first kappa shape index (κ1) is 32.3. The van der Waals surface area contributed by atoms with Crippen molar-refractivity contribution in [2.45, 2.75) is 19.3 Å². The van der Waals surface area contributed by atoms with Gasteiger partial charge >= 0.3 is 0 Å². The summed E-state index contributed by atoms with van der Waals surface area (Å²) in [6, 6.07) is 61.9. The molecule has 0 spiro atoms. The molecule has 0 bridgehead atoms. The Hall–Kier alpha value is -7.17. The molecule has 264 valence electrons. The van der Waals surface area contributed by atoms with Crippen molar-refractivity contribution in [2.75, 3.05) is 0 Å². The van der Waals surface area contributed by atoms with E-state index in [1.807, 2.05) is 18.2 Å². The highest BCUT2D eigenvalue weighted by molar-refractivity contribution is 6.13. The van der Waals surface area contributed by atoms with E-state index in [2.05, 4.69) is 172 Å². The van der Waals surface area contributed by atoms with Crippen LogP contribution in [0.15, 0.2) is 180 Å². The Labute approximate surface area is 324 Å². The van der Waals surface area contributed by atoms with Crippen LogP contribution in [0.3, 0.4) is 0 Å². The number of hydrogen-bond donors (Lipinski definition) is 0. The van der Waals surface area contributed by atoms with E-state index in [-0.39, 0.29) is 5.41 Å². The van der Waals surface area contributed by atoms with Gasteiger partial charge in [0.2, 0.25) is 0 Å². The summed E-state index contributed by atoms with van der Waals surface area (Å²) >= 11 is 0. The lowest BCUT2D eigenvalue weighted by Gasteiger charge is -2.21. The van der Waals surface area contributed by atoms with E-state index in [0.717, 1.165) is 55.3 Å². The van der Waals surface area contributed by atoms with Gasteiger partial charge in [0.25, 0.3) is 0 Å². The molecule has 0 radical (unpaired) electrons. The molecule has 8 aromatic carbocycles. The highest BCUT2D eigenvalue weighted by Crippen LogP contribution is 2.51. The molecule has 4 heteroatoms. The van der Waals surface area contributed by atoms with Gasteiger partial charge in [-0.25, -0.2) is 15.0 Å². The summed E-state index contributed by atoms with van der Waals surface area (Å²) in [6.07, 6.45) is 0. The summed E-state index contributed by atoms with van der Waals surface area (Å²) in [5, 5.41) is 4.68. The minimum absolute atomic E-state index is 0.132. The molecule has 11 rings (SSSR count). The number of aromatic nitrogens is 3. The maximum Gasteiger partial charge on any atom is 0.164 e. The fourth-order valence-electron chi connectivity index (χ4n) is 8.72. The molecule has 4 nitrogen and oxygen atoms in total. The van der Waals surface area contributed by atoms with Crippen LogP contribution in [0.2, 0.25) is 0 Å². The van der Waals surface area contributed by atoms with Crippen molar-refractivity contribution in [1.29, 1.82) is 0 Å². The molecule has 0 unspecified atom stereocenters. The first-order valence-electron chi connectivity index (χ1n) is 19.1. The number of furan rings is 1. The second-order valence-corrected chi connectivity index (χ2v) is 15.2. The predicted molar refractivity (Wildman–Crippen MR) is 229 cm³/mol. The Morgan fingerprint density at radius 2 is 1.02 bits per heavy atom. The highest BCUT2D eigenvalue weighted by Gasteiger charge is 2.37. The van der Waals surface area contributed by atoms with Gasteiger partial charge in [-0.2, -0.15) is 0 Å². The van der Waals surface area contributed by atoms with Crippen LogP contribution in [0.5, 0.6) is 0 Å². The molecule has 0 aliphatic heterocycles. The van der Waals surface area contributed by atoms with Crippen molar-refractivity contribution < 1.29 is 4.42 Å². The van der Waals surface area contributed by atoms with Crippen LogP contribution >= 0.6 is 0 Å². The third-order valence-electron chi connectivity index (χ3n) is 11.5. The lowest BCUT2D eigenvalue weighted by molar-refractivity contribution is 0.660. The monoisotopic (exact) mass is 717 g/mol. The van der Waals surface area contributed by atoms with Crippen molar-refractivity contribution in [1.82, 2.24) is 15.0 Å². The van der Waals surface area contributed by atoms with Crippen LogP contribution in [0.25, 0.3) is 100 Å². The summed E-state index contributed by atoms with van der Waals surface area (Å²) in [5.41, 5.74) is 14.0. The van der Waals surface area contributed by atoms with Crippen LogP contribution in [0.4, 0.5) is 0 Å². The molecule has 0 amide bonds. The fourth-order valence-corrected chi connectivity index (χ4v) is 8.72. The van der Waals surface area contributed by atoms with Crippen molar-refractivity contribution >= 4 is 32.7 Å². The number of benzene rings is 8. The number of rotatable bonds is 5. The molecular weight excluding hydrogens is 683 g/mol. The Morgan fingerprint density at radius 1 is 0.393 bits per heavy atom. The van der Waals surface area contributed by atoms with Gasteiger partial charge in [0.15, 0.2) is 17.5 Å². The number of fused-ring (bicyclic) bond motifs is 7. The zero-order valence-corrected chi connectivity index (χ0v) is 31.0. The maximum atomic E-state index is 6.55. The van der Waals surface area contributed by atoms with Gasteiger partial charge in [-0.05, 0) is 85.6 Å². The van der Waals surface area contributed by atoms with Crippen LogP contribution < -0.4 is 0 Å². The lowest BCUT2D eigenvalue weighted by Crippen LogP contribution is -2.14. The summed E-state index contributed by atoms with van der Waals surface area (Å²) in [5.74, 6) is 1.93. The van der Waals surface area contributed by atoms with Gasteiger partial charge in [0, 0.05) is 32.9 Å². The standard InChI is InChI=1S/C52H35N3O/c1-52(2)43-22-9-8-19-40(43)47-42(21-11-23-44(47)52)51-54-49(33-14-4-3-5-15-33)53-50(55-51)38-18-10-17-35(30-38)36-27-28-41-46(31-36)56-45-24-12-20-39(48(41)45)37-26-25-32-13-6-7-16-34(32)29-37/h3-31H,1-2H3. The number of nitrogens with zero attached hydrogens (tertiary/aromatic N) is 3. The molecule has 0 N–H and O–H groups in total. The molecule has 56 heavy (non-hydrogen) atoms. The highest BCUT2D eigenvalue weighted by atomic mass is 16.3. The van der Waals surface area contributed by atoms with Crippen molar-refractivity contribution in [2.24, 2.45) is 0 Å². The van der Waals surface area contributed by atoms with Crippen molar-refractivity contribution in [3.63, 3.8) is 0 Å².